The average molecular weight is 368 g/mol. The first-order valence-electron chi connectivity index (χ1n) is 7.10. The Kier molecular flexibility index (Phi) is 6.86. The van der Waals surface area contributed by atoms with E-state index in [2.05, 4.69) is 0 Å². The Morgan fingerprint density at radius 3 is 1.48 bits per heavy atom. The SMILES string of the molecule is CC(=O)O[13C@@H]1O[13C@H]([13C](=O)O)[13C@@H](OC(C)=O)[13C@H](OC(C)=O)[13C@H]1OC(C)=O. The summed E-state index contributed by atoms with van der Waals surface area (Å²) in [5.41, 5.74) is 0. The van der Waals surface area contributed by atoms with Gasteiger partial charge in [0, 0.05) is 27.7 Å². The van der Waals surface area contributed by atoms with E-state index in [1.165, 1.54) is 0 Å². The summed E-state index contributed by atoms with van der Waals surface area (Å²) in [6, 6.07) is 0. The van der Waals surface area contributed by atoms with Crippen LogP contribution in [0.3, 0.4) is 0 Å². The number of carbonyl (C=O) groups is 5. The molecule has 5 atom stereocenters. The molecule has 11 heteroatoms. The summed E-state index contributed by atoms with van der Waals surface area (Å²) in [5, 5.41) is 9.29. The Morgan fingerprint density at radius 1 is 0.680 bits per heavy atom. The summed E-state index contributed by atoms with van der Waals surface area (Å²) in [6.07, 6.45) is -8.24. The second-order valence-electron chi connectivity index (χ2n) is 5.09. The van der Waals surface area contributed by atoms with Gasteiger partial charge >= 0.3 is 29.8 Å². The van der Waals surface area contributed by atoms with Crippen molar-refractivity contribution >= 4 is 29.8 Å². The molecule has 1 saturated heterocycles. The van der Waals surface area contributed by atoms with Crippen molar-refractivity contribution in [2.45, 2.75) is 58.4 Å². The lowest BCUT2D eigenvalue weighted by atomic mass is 10.8. The number of carbonyl (C=O) groups excluding carboxylic acids is 4. The number of carboxylic acids is 1. The van der Waals surface area contributed by atoms with E-state index in [1.54, 1.807) is 0 Å². The first-order chi connectivity index (χ1) is 11.5. The molecule has 0 aromatic rings. The van der Waals surface area contributed by atoms with E-state index >= 15 is 0 Å². The van der Waals surface area contributed by atoms with E-state index in [4.69, 9.17) is 23.7 Å². The standard InChI is InChI=1S/C14H18O11/c1-5(15)21-9-10(22-6(2)16)12(23-7(3)17)14(24-8(4)18)25-11(9)13(19)20/h9-12,14H,1-4H3,(H,19,20)/t9-,10-,11-,12+,14+/m0/s1/i9+1,10+1,11+1,12+1,13+1,14+1. The third-order valence-corrected chi connectivity index (χ3v) is 2.93. The van der Waals surface area contributed by atoms with Crippen LogP contribution in [0.5, 0.6) is 0 Å². The first kappa shape index (κ1) is 20.4. The highest BCUT2D eigenvalue weighted by atomic mass is 16.9. The van der Waals surface area contributed by atoms with E-state index in [0.717, 1.165) is 27.7 Å². The summed E-state index contributed by atoms with van der Waals surface area (Å²) >= 11 is 0. The fourth-order valence-electron chi connectivity index (χ4n) is 2.23. The molecule has 0 unspecified atom stereocenters. The van der Waals surface area contributed by atoms with Crippen LogP contribution in [0.4, 0.5) is 0 Å². The van der Waals surface area contributed by atoms with Gasteiger partial charge in [0.05, 0.1) is 0 Å². The van der Waals surface area contributed by atoms with Gasteiger partial charge in [-0.1, -0.05) is 0 Å². The molecule has 11 nitrogen and oxygen atoms in total. The van der Waals surface area contributed by atoms with Gasteiger partial charge in [-0.2, -0.15) is 0 Å². The van der Waals surface area contributed by atoms with Crippen molar-refractivity contribution in [2.24, 2.45) is 0 Å². The molecular weight excluding hydrogens is 350 g/mol. The van der Waals surface area contributed by atoms with Crippen molar-refractivity contribution < 1.29 is 52.8 Å². The van der Waals surface area contributed by atoms with Crippen LogP contribution < -0.4 is 0 Å². The van der Waals surface area contributed by atoms with Crippen molar-refractivity contribution in [2.75, 3.05) is 0 Å². The van der Waals surface area contributed by atoms with E-state index in [9.17, 15) is 29.1 Å². The van der Waals surface area contributed by atoms with Crippen LogP contribution in [0, 0.1) is 0 Å². The lowest BCUT2D eigenvalue weighted by molar-refractivity contribution is -0.293. The van der Waals surface area contributed by atoms with Crippen LogP contribution in [0.2, 0.25) is 0 Å². The second-order valence-corrected chi connectivity index (χ2v) is 5.09. The van der Waals surface area contributed by atoms with Gasteiger partial charge in [0.25, 0.3) is 0 Å². The molecule has 0 saturated carbocycles. The quantitative estimate of drug-likeness (QED) is 0.367. The van der Waals surface area contributed by atoms with Gasteiger partial charge in [0.2, 0.25) is 12.4 Å². The molecular formula is C14H18O11. The van der Waals surface area contributed by atoms with Crippen molar-refractivity contribution in [1.82, 2.24) is 0 Å². The number of hydrogen-bond acceptors (Lipinski definition) is 10. The van der Waals surface area contributed by atoms with Gasteiger partial charge < -0.3 is 28.8 Å². The summed E-state index contributed by atoms with van der Waals surface area (Å²) in [7, 11) is 0. The van der Waals surface area contributed by atoms with Crippen LogP contribution >= 0.6 is 0 Å². The van der Waals surface area contributed by atoms with Crippen molar-refractivity contribution in [3.05, 3.63) is 0 Å². The maximum absolute atomic E-state index is 11.4. The fourth-order valence-corrected chi connectivity index (χ4v) is 2.23. The zero-order chi connectivity index (χ0) is 19.3. The molecule has 0 aliphatic carbocycles. The molecule has 0 bridgehead atoms. The molecule has 0 spiro atoms. The Hall–Kier alpha value is -2.69. The Bertz CT molecular complexity index is 569. The van der Waals surface area contributed by atoms with E-state index < -0.39 is 60.6 Å². The monoisotopic (exact) mass is 368 g/mol. The highest BCUT2D eigenvalue weighted by Crippen LogP contribution is 2.29. The number of hydrogen-bond donors (Lipinski definition) is 1. The highest BCUT2D eigenvalue weighted by Gasteiger charge is 2.55. The summed E-state index contributed by atoms with van der Waals surface area (Å²) < 4.78 is 24.8. The summed E-state index contributed by atoms with van der Waals surface area (Å²) in [6.45, 7) is 4.06. The van der Waals surface area contributed by atoms with Gasteiger partial charge in [-0.3, -0.25) is 19.2 Å². The van der Waals surface area contributed by atoms with Crippen molar-refractivity contribution in [1.29, 1.82) is 0 Å². The third-order valence-electron chi connectivity index (χ3n) is 2.93. The minimum absolute atomic E-state index is 0.849. The molecule has 0 amide bonds. The molecule has 1 aliphatic rings. The van der Waals surface area contributed by atoms with Crippen LogP contribution in [0.15, 0.2) is 0 Å². The van der Waals surface area contributed by atoms with Crippen LogP contribution in [-0.4, -0.2) is 65.7 Å². The van der Waals surface area contributed by atoms with Crippen molar-refractivity contribution in [3.63, 3.8) is 0 Å². The molecule has 1 fully saturated rings. The van der Waals surface area contributed by atoms with Gasteiger partial charge in [-0.15, -0.1) is 0 Å². The van der Waals surface area contributed by atoms with Gasteiger partial charge in [0.15, 0.2) is 18.3 Å². The zero-order valence-corrected chi connectivity index (χ0v) is 13.9. The largest absolute Gasteiger partial charge is 0.479 e. The molecule has 25 heavy (non-hydrogen) atoms. The molecule has 0 aromatic heterocycles. The zero-order valence-electron chi connectivity index (χ0n) is 13.9. The van der Waals surface area contributed by atoms with Gasteiger partial charge in [-0.05, 0) is 0 Å². The second kappa shape index (κ2) is 8.42. The molecule has 1 aliphatic heterocycles. The predicted octanol–water partition coefficient (Wildman–Crippen LogP) is -0.846. The van der Waals surface area contributed by atoms with Crippen LogP contribution in [-0.2, 0) is 47.7 Å². The number of ether oxygens (including phenoxy) is 5. The van der Waals surface area contributed by atoms with Crippen LogP contribution in [0.1, 0.15) is 27.7 Å². The van der Waals surface area contributed by atoms with E-state index in [1.807, 2.05) is 0 Å². The molecule has 1 rings (SSSR count). The molecule has 0 radical (unpaired) electrons. The maximum Gasteiger partial charge on any atom is 0.337 e. The Morgan fingerprint density at radius 2 is 1.08 bits per heavy atom. The smallest absolute Gasteiger partial charge is 0.337 e. The maximum atomic E-state index is 11.4. The Labute approximate surface area is 142 Å². The average Bonchev–Trinajstić information content (AvgIpc) is 2.42. The minimum Gasteiger partial charge on any atom is -0.479 e. The summed E-state index contributed by atoms with van der Waals surface area (Å²) in [4.78, 5) is 56.7. The number of esters is 4. The third kappa shape index (κ3) is 5.71. The normalized spacial score (nSPS) is 28.4. The first-order valence-corrected chi connectivity index (χ1v) is 7.10. The molecule has 140 valence electrons. The molecule has 1 heterocycles. The minimum atomic E-state index is -1.83. The topological polar surface area (TPSA) is 152 Å². The van der Waals surface area contributed by atoms with Gasteiger partial charge in [-0.25, -0.2) is 4.79 Å². The number of aliphatic carboxylic acids is 1. The van der Waals surface area contributed by atoms with Crippen molar-refractivity contribution in [3.8, 4) is 0 Å². The Balaban J connectivity index is 3.33. The predicted molar refractivity (Wildman–Crippen MR) is 74.7 cm³/mol. The van der Waals surface area contributed by atoms with E-state index in [0.29, 0.717) is 0 Å². The number of rotatable bonds is 5. The van der Waals surface area contributed by atoms with Gasteiger partial charge in [0.1, 0.15) is 0 Å². The van der Waals surface area contributed by atoms with E-state index in [-0.39, 0.29) is 0 Å². The highest BCUT2D eigenvalue weighted by molar-refractivity contribution is 5.75. The fraction of sp³-hybridized carbons (Fsp3) is 0.643. The molecule has 0 aromatic carbocycles. The summed E-state index contributed by atoms with van der Waals surface area (Å²) in [5.74, 6) is -5.03. The molecule has 1 N–H and O–H groups in total. The lowest BCUT2D eigenvalue weighted by Gasteiger charge is -2.42. The van der Waals surface area contributed by atoms with Crippen LogP contribution in [0.25, 0.3) is 0 Å². The lowest BCUT2D eigenvalue weighted by Crippen LogP contribution is -2.63. The number of carboxylic acid groups (broad SMARTS) is 1.